The number of rotatable bonds is 14. The lowest BCUT2D eigenvalue weighted by Crippen LogP contribution is -2.30. The normalized spacial score (nSPS) is 14.9. The zero-order valence-electron chi connectivity index (χ0n) is 17.6. The highest BCUT2D eigenvalue weighted by atomic mass is 16.1. The zero-order chi connectivity index (χ0) is 19.9. The van der Waals surface area contributed by atoms with Gasteiger partial charge in [0, 0.05) is 12.7 Å². The summed E-state index contributed by atoms with van der Waals surface area (Å²) < 4.78 is 0. The Kier molecular flexibility index (Phi) is 11.6. The number of nitrogens with zero attached hydrogens (tertiary/aromatic N) is 2. The van der Waals surface area contributed by atoms with Crippen molar-refractivity contribution in [3.05, 3.63) is 23.9 Å². The largest absolute Gasteiger partial charge is 0.383 e. The second-order valence-corrected chi connectivity index (χ2v) is 8.13. The predicted molar refractivity (Wildman–Crippen MR) is 117 cm³/mol. The van der Waals surface area contributed by atoms with Crippen molar-refractivity contribution in [2.45, 2.75) is 83.5 Å². The molecule has 0 bridgehead atoms. The van der Waals surface area contributed by atoms with Crippen LogP contribution in [0, 0.1) is 0 Å². The summed E-state index contributed by atoms with van der Waals surface area (Å²) in [6.45, 7) is 4.70. The molecule has 1 aromatic heterocycles. The number of pyridine rings is 1. The van der Waals surface area contributed by atoms with Gasteiger partial charge in [-0.15, -0.1) is 0 Å². The Morgan fingerprint density at radius 2 is 1.54 bits per heavy atom. The summed E-state index contributed by atoms with van der Waals surface area (Å²) in [5.74, 6) is 0.178. The number of likely N-dealkylation sites (tertiary alicyclic amines) is 1. The fraction of sp³-hybridized carbons (Fsp3) is 0.739. The fourth-order valence-electron chi connectivity index (χ4n) is 3.96. The first kappa shape index (κ1) is 22.7. The molecule has 3 N–H and O–H groups in total. The number of anilines is 1. The van der Waals surface area contributed by atoms with E-state index in [4.69, 9.17) is 5.73 Å². The van der Waals surface area contributed by atoms with Gasteiger partial charge in [0.1, 0.15) is 5.82 Å². The molecule has 0 aromatic carbocycles. The maximum atomic E-state index is 12.0. The molecule has 5 heteroatoms. The minimum atomic E-state index is -0.120. The average Bonchev–Trinajstić information content (AvgIpc) is 2.72. The molecule has 2 rings (SSSR count). The topological polar surface area (TPSA) is 71.2 Å². The molecule has 0 atom stereocenters. The van der Waals surface area contributed by atoms with Gasteiger partial charge >= 0.3 is 0 Å². The molecule has 1 aliphatic heterocycles. The van der Waals surface area contributed by atoms with Crippen LogP contribution < -0.4 is 11.1 Å². The van der Waals surface area contributed by atoms with Crippen LogP contribution >= 0.6 is 0 Å². The molecule has 0 unspecified atom stereocenters. The number of hydrogen-bond donors (Lipinski definition) is 2. The minimum Gasteiger partial charge on any atom is -0.383 e. The molecule has 1 aliphatic rings. The monoisotopic (exact) mass is 388 g/mol. The fourth-order valence-corrected chi connectivity index (χ4v) is 3.96. The van der Waals surface area contributed by atoms with Crippen LogP contribution in [-0.4, -0.2) is 42.0 Å². The van der Waals surface area contributed by atoms with Crippen LogP contribution in [0.3, 0.4) is 0 Å². The van der Waals surface area contributed by atoms with Crippen molar-refractivity contribution in [2.75, 3.05) is 31.9 Å². The van der Waals surface area contributed by atoms with E-state index in [1.165, 1.54) is 96.7 Å². The van der Waals surface area contributed by atoms with E-state index in [9.17, 15) is 4.79 Å². The molecule has 0 spiro atoms. The smallest absolute Gasteiger partial charge is 0.255 e. The Hall–Kier alpha value is -1.62. The van der Waals surface area contributed by atoms with Crippen molar-refractivity contribution in [1.82, 2.24) is 15.2 Å². The second kappa shape index (κ2) is 14.4. The quantitative estimate of drug-likeness (QED) is 0.450. The number of amides is 1. The number of aromatic nitrogens is 1. The van der Waals surface area contributed by atoms with Gasteiger partial charge in [0.15, 0.2) is 0 Å². The third kappa shape index (κ3) is 9.54. The highest BCUT2D eigenvalue weighted by molar-refractivity contribution is 5.98. The van der Waals surface area contributed by atoms with Gasteiger partial charge < -0.3 is 16.0 Å². The van der Waals surface area contributed by atoms with Crippen molar-refractivity contribution in [2.24, 2.45) is 0 Å². The number of nitrogens with one attached hydrogen (secondary N) is 1. The second-order valence-electron chi connectivity index (χ2n) is 8.13. The van der Waals surface area contributed by atoms with Crippen molar-refractivity contribution >= 4 is 11.7 Å². The van der Waals surface area contributed by atoms with E-state index in [1.54, 1.807) is 18.3 Å². The lowest BCUT2D eigenvalue weighted by Gasteiger charge is -2.26. The number of carbonyl (C=O) groups is 1. The molecular weight excluding hydrogens is 348 g/mol. The van der Waals surface area contributed by atoms with Crippen molar-refractivity contribution in [1.29, 1.82) is 0 Å². The highest BCUT2D eigenvalue weighted by Crippen LogP contribution is 2.13. The molecule has 1 fully saturated rings. The van der Waals surface area contributed by atoms with Crippen LogP contribution in [0.25, 0.3) is 0 Å². The standard InChI is InChI=1S/C23H40N4O/c24-22-21(15-14-17-25-22)23(28)26-16-10-7-5-3-1-2-4-6-8-11-18-27-19-12-9-13-20-27/h14-15,17H,1-13,16,18-20H2,(H2,24,25)(H,26,28). The molecular formula is C23H40N4O. The van der Waals surface area contributed by atoms with Gasteiger partial charge in [-0.1, -0.05) is 57.8 Å². The van der Waals surface area contributed by atoms with Gasteiger partial charge in [-0.2, -0.15) is 0 Å². The summed E-state index contributed by atoms with van der Waals surface area (Å²) in [6.07, 6.45) is 18.9. The van der Waals surface area contributed by atoms with E-state index < -0.39 is 0 Å². The van der Waals surface area contributed by atoms with Crippen LogP contribution in [0.15, 0.2) is 18.3 Å². The zero-order valence-corrected chi connectivity index (χ0v) is 17.6. The molecule has 2 heterocycles. The van der Waals surface area contributed by atoms with Crippen LogP contribution in [0.4, 0.5) is 5.82 Å². The maximum absolute atomic E-state index is 12.0. The van der Waals surface area contributed by atoms with Crippen LogP contribution in [0.1, 0.15) is 93.8 Å². The van der Waals surface area contributed by atoms with Crippen molar-refractivity contribution in [3.8, 4) is 0 Å². The molecule has 0 saturated carbocycles. The third-order valence-corrected chi connectivity index (χ3v) is 5.72. The number of piperidine rings is 1. The first-order valence-corrected chi connectivity index (χ1v) is 11.5. The molecule has 0 radical (unpaired) electrons. The van der Waals surface area contributed by atoms with E-state index in [0.717, 1.165) is 6.42 Å². The maximum Gasteiger partial charge on any atom is 0.255 e. The lowest BCUT2D eigenvalue weighted by atomic mass is 10.1. The molecule has 28 heavy (non-hydrogen) atoms. The Balaban J connectivity index is 1.32. The summed E-state index contributed by atoms with van der Waals surface area (Å²) in [4.78, 5) is 18.6. The van der Waals surface area contributed by atoms with E-state index in [0.29, 0.717) is 17.9 Å². The number of unbranched alkanes of at least 4 members (excludes halogenated alkanes) is 9. The molecule has 5 nitrogen and oxygen atoms in total. The van der Waals surface area contributed by atoms with E-state index in [1.807, 2.05) is 0 Å². The van der Waals surface area contributed by atoms with E-state index in [-0.39, 0.29) is 5.91 Å². The van der Waals surface area contributed by atoms with Crippen LogP contribution in [-0.2, 0) is 0 Å². The SMILES string of the molecule is Nc1ncccc1C(=O)NCCCCCCCCCCCCN1CCCCC1. The number of nitrogens with two attached hydrogens (primary N) is 1. The number of nitrogen functional groups attached to an aromatic ring is 1. The van der Waals surface area contributed by atoms with Crippen molar-refractivity contribution < 1.29 is 4.79 Å². The third-order valence-electron chi connectivity index (χ3n) is 5.72. The highest BCUT2D eigenvalue weighted by Gasteiger charge is 2.09. The summed E-state index contributed by atoms with van der Waals surface area (Å²) in [5.41, 5.74) is 6.19. The summed E-state index contributed by atoms with van der Waals surface area (Å²) in [6, 6.07) is 3.45. The van der Waals surface area contributed by atoms with Crippen LogP contribution in [0.5, 0.6) is 0 Å². The van der Waals surface area contributed by atoms with E-state index in [2.05, 4.69) is 15.2 Å². The van der Waals surface area contributed by atoms with Gasteiger partial charge in [-0.3, -0.25) is 4.79 Å². The van der Waals surface area contributed by atoms with E-state index >= 15 is 0 Å². The summed E-state index contributed by atoms with van der Waals surface area (Å²) in [7, 11) is 0. The Morgan fingerprint density at radius 3 is 2.18 bits per heavy atom. The Labute approximate surface area is 171 Å². The summed E-state index contributed by atoms with van der Waals surface area (Å²) >= 11 is 0. The van der Waals surface area contributed by atoms with Crippen molar-refractivity contribution in [3.63, 3.8) is 0 Å². The van der Waals surface area contributed by atoms with Gasteiger partial charge in [0.2, 0.25) is 0 Å². The molecule has 1 amide bonds. The molecule has 158 valence electrons. The molecule has 1 aromatic rings. The Morgan fingerprint density at radius 1 is 0.929 bits per heavy atom. The Bertz CT molecular complexity index is 543. The minimum absolute atomic E-state index is 0.120. The average molecular weight is 389 g/mol. The molecule has 1 saturated heterocycles. The molecule has 0 aliphatic carbocycles. The predicted octanol–water partition coefficient (Wildman–Crippen LogP) is 4.78. The number of hydrogen-bond acceptors (Lipinski definition) is 4. The first-order chi connectivity index (χ1) is 13.8. The first-order valence-electron chi connectivity index (χ1n) is 11.5. The van der Waals surface area contributed by atoms with Crippen LogP contribution in [0.2, 0.25) is 0 Å². The van der Waals surface area contributed by atoms with Gasteiger partial charge in [0.05, 0.1) is 5.56 Å². The van der Waals surface area contributed by atoms with Gasteiger partial charge in [-0.05, 0) is 57.5 Å². The van der Waals surface area contributed by atoms with Gasteiger partial charge in [-0.25, -0.2) is 4.98 Å². The summed E-state index contributed by atoms with van der Waals surface area (Å²) in [5, 5.41) is 2.93. The number of carbonyl (C=O) groups excluding carboxylic acids is 1. The lowest BCUT2D eigenvalue weighted by molar-refractivity contribution is 0.0953. The van der Waals surface area contributed by atoms with Gasteiger partial charge in [0.25, 0.3) is 5.91 Å².